The third kappa shape index (κ3) is 6.25. The van der Waals surface area contributed by atoms with Crippen LogP contribution in [0, 0.1) is 5.82 Å². The van der Waals surface area contributed by atoms with Gasteiger partial charge in [-0.3, -0.25) is 0 Å². The van der Waals surface area contributed by atoms with Crippen LogP contribution in [-0.4, -0.2) is 23.2 Å². The quantitative estimate of drug-likeness (QED) is 0.338. The van der Waals surface area contributed by atoms with Crippen molar-refractivity contribution in [2.45, 2.75) is 44.6 Å². The van der Waals surface area contributed by atoms with Gasteiger partial charge in [0.1, 0.15) is 11.4 Å². The van der Waals surface area contributed by atoms with E-state index < -0.39 is 41.6 Å². The third-order valence-electron chi connectivity index (χ3n) is 4.84. The Morgan fingerprint density at radius 3 is 1.73 bits per heavy atom. The fourth-order valence-corrected chi connectivity index (χ4v) is 3.25. The van der Waals surface area contributed by atoms with E-state index in [-0.39, 0.29) is 5.56 Å². The van der Waals surface area contributed by atoms with E-state index in [1.807, 2.05) is 12.1 Å². The minimum absolute atomic E-state index is 0.248. The highest BCUT2D eigenvalue weighted by Gasteiger charge is 2.52. The first-order valence-corrected chi connectivity index (χ1v) is 10.6. The van der Waals surface area contributed by atoms with E-state index >= 15 is 4.39 Å². The standard InChI is InChI=1S/C27H26F2O4/c1-26(2,3)33-25(31)27(29,18-19-14-16-22(28)17-15-19)24(30)32-23(20-10-6-4-7-11-20)21-12-8-5-9-13-21/h4-17,23H,18H2,1-3H3/t27-/m1/s1. The van der Waals surface area contributed by atoms with E-state index in [0.29, 0.717) is 11.1 Å². The van der Waals surface area contributed by atoms with Crippen LogP contribution in [0.15, 0.2) is 84.9 Å². The molecule has 33 heavy (non-hydrogen) atoms. The summed E-state index contributed by atoms with van der Waals surface area (Å²) in [6.45, 7) is 4.72. The van der Waals surface area contributed by atoms with E-state index in [4.69, 9.17) is 9.47 Å². The Morgan fingerprint density at radius 1 is 0.788 bits per heavy atom. The van der Waals surface area contributed by atoms with E-state index in [2.05, 4.69) is 0 Å². The van der Waals surface area contributed by atoms with Crippen molar-refractivity contribution in [3.8, 4) is 0 Å². The first-order chi connectivity index (χ1) is 15.6. The zero-order chi connectivity index (χ0) is 24.1. The number of esters is 2. The molecule has 0 heterocycles. The average Bonchev–Trinajstić information content (AvgIpc) is 2.78. The smallest absolute Gasteiger partial charge is 0.357 e. The molecule has 0 aromatic heterocycles. The summed E-state index contributed by atoms with van der Waals surface area (Å²) >= 11 is 0. The SMILES string of the molecule is CC(C)(C)OC(=O)[C@@](F)(Cc1ccc(F)cc1)C(=O)OC(c1ccccc1)c1ccccc1. The van der Waals surface area contributed by atoms with Crippen LogP contribution >= 0.6 is 0 Å². The van der Waals surface area contributed by atoms with Gasteiger partial charge in [-0.25, -0.2) is 18.4 Å². The van der Waals surface area contributed by atoms with Gasteiger partial charge >= 0.3 is 17.6 Å². The van der Waals surface area contributed by atoms with Crippen LogP contribution in [-0.2, 0) is 25.5 Å². The van der Waals surface area contributed by atoms with Crippen LogP contribution in [0.5, 0.6) is 0 Å². The van der Waals surface area contributed by atoms with Crippen molar-refractivity contribution >= 4 is 11.9 Å². The molecule has 0 radical (unpaired) electrons. The van der Waals surface area contributed by atoms with E-state index in [1.54, 1.807) is 69.3 Å². The van der Waals surface area contributed by atoms with Crippen LogP contribution in [0.1, 0.15) is 43.6 Å². The number of halogens is 2. The fourth-order valence-electron chi connectivity index (χ4n) is 3.25. The summed E-state index contributed by atoms with van der Waals surface area (Å²) in [5.41, 5.74) is -2.68. The van der Waals surface area contributed by atoms with Crippen molar-refractivity contribution in [3.05, 3.63) is 107 Å². The molecule has 0 spiro atoms. The molecular weight excluding hydrogens is 426 g/mol. The predicted molar refractivity (Wildman–Crippen MR) is 121 cm³/mol. The first-order valence-electron chi connectivity index (χ1n) is 10.6. The molecule has 0 saturated heterocycles. The second-order valence-corrected chi connectivity index (χ2v) is 8.71. The highest BCUT2D eigenvalue weighted by Crippen LogP contribution is 2.31. The molecule has 3 aromatic rings. The Hall–Kier alpha value is -3.54. The molecule has 1 atom stereocenters. The van der Waals surface area contributed by atoms with Crippen molar-refractivity contribution in [2.75, 3.05) is 0 Å². The van der Waals surface area contributed by atoms with Crippen LogP contribution < -0.4 is 0 Å². The maximum absolute atomic E-state index is 16.2. The van der Waals surface area contributed by atoms with Crippen LogP contribution in [0.2, 0.25) is 0 Å². The minimum Gasteiger partial charge on any atom is -0.457 e. The lowest BCUT2D eigenvalue weighted by molar-refractivity contribution is -0.183. The van der Waals surface area contributed by atoms with Gasteiger partial charge in [0.2, 0.25) is 0 Å². The number of alkyl halides is 1. The Labute approximate surface area is 192 Å². The zero-order valence-corrected chi connectivity index (χ0v) is 18.8. The summed E-state index contributed by atoms with van der Waals surface area (Å²) in [6.07, 6.45) is -1.59. The lowest BCUT2D eigenvalue weighted by Gasteiger charge is -2.29. The number of hydrogen-bond donors (Lipinski definition) is 0. The van der Waals surface area contributed by atoms with Gasteiger partial charge in [0.25, 0.3) is 0 Å². The molecule has 0 fully saturated rings. The zero-order valence-electron chi connectivity index (χ0n) is 18.8. The van der Waals surface area contributed by atoms with Gasteiger partial charge in [-0.2, -0.15) is 0 Å². The number of rotatable bonds is 7. The summed E-state index contributed by atoms with van der Waals surface area (Å²) in [6, 6.07) is 22.6. The van der Waals surface area contributed by atoms with E-state index in [9.17, 15) is 14.0 Å². The largest absolute Gasteiger partial charge is 0.457 e. The van der Waals surface area contributed by atoms with Crippen molar-refractivity contribution in [1.82, 2.24) is 0 Å². The fraction of sp³-hybridized carbons (Fsp3) is 0.259. The van der Waals surface area contributed by atoms with Gasteiger partial charge in [-0.15, -0.1) is 0 Å². The molecule has 3 rings (SSSR count). The van der Waals surface area contributed by atoms with Gasteiger partial charge in [-0.1, -0.05) is 72.8 Å². The highest BCUT2D eigenvalue weighted by molar-refractivity contribution is 6.04. The van der Waals surface area contributed by atoms with E-state index in [0.717, 1.165) is 12.1 Å². The third-order valence-corrected chi connectivity index (χ3v) is 4.84. The number of hydrogen-bond acceptors (Lipinski definition) is 4. The number of carbonyl (C=O) groups is 2. The van der Waals surface area contributed by atoms with Crippen molar-refractivity contribution in [1.29, 1.82) is 0 Å². The number of carbonyl (C=O) groups excluding carboxylic acids is 2. The van der Waals surface area contributed by atoms with Gasteiger partial charge < -0.3 is 9.47 Å². The minimum atomic E-state index is -3.13. The Bertz CT molecular complexity index is 1040. The molecule has 3 aromatic carbocycles. The van der Waals surface area contributed by atoms with Gasteiger partial charge in [0.05, 0.1) is 0 Å². The van der Waals surface area contributed by atoms with Crippen molar-refractivity contribution in [3.63, 3.8) is 0 Å². The normalized spacial score (nSPS) is 13.3. The van der Waals surface area contributed by atoms with Gasteiger partial charge in [-0.05, 0) is 49.6 Å². The van der Waals surface area contributed by atoms with E-state index in [1.165, 1.54) is 12.1 Å². The monoisotopic (exact) mass is 452 g/mol. The molecule has 0 bridgehead atoms. The maximum Gasteiger partial charge on any atom is 0.357 e. The molecule has 6 heteroatoms. The van der Waals surface area contributed by atoms with Gasteiger partial charge in [0, 0.05) is 6.42 Å². The maximum atomic E-state index is 16.2. The predicted octanol–water partition coefficient (Wildman–Crippen LogP) is 5.75. The topological polar surface area (TPSA) is 52.6 Å². The number of benzene rings is 3. The average molecular weight is 452 g/mol. The summed E-state index contributed by atoms with van der Waals surface area (Å²) in [7, 11) is 0. The molecule has 0 N–H and O–H groups in total. The Kier molecular flexibility index (Phi) is 7.26. The van der Waals surface area contributed by atoms with Crippen LogP contribution in [0.25, 0.3) is 0 Å². The molecule has 0 aliphatic rings. The molecule has 172 valence electrons. The van der Waals surface area contributed by atoms with Crippen LogP contribution in [0.3, 0.4) is 0 Å². The lowest BCUT2D eigenvalue weighted by Crippen LogP contribution is -2.49. The summed E-state index contributed by atoms with van der Waals surface area (Å²) in [4.78, 5) is 26.1. The summed E-state index contributed by atoms with van der Waals surface area (Å²) < 4.78 is 40.4. The molecule has 0 saturated carbocycles. The second-order valence-electron chi connectivity index (χ2n) is 8.71. The summed E-state index contributed by atoms with van der Waals surface area (Å²) in [5, 5.41) is 0. The number of ether oxygens (including phenoxy) is 2. The molecular formula is C27H26F2O4. The Balaban J connectivity index is 1.98. The molecule has 0 unspecified atom stereocenters. The summed E-state index contributed by atoms with van der Waals surface area (Å²) in [5.74, 6) is -3.25. The highest BCUT2D eigenvalue weighted by atomic mass is 19.1. The molecule has 0 aliphatic carbocycles. The molecule has 0 aliphatic heterocycles. The second kappa shape index (κ2) is 9.94. The molecule has 0 amide bonds. The van der Waals surface area contributed by atoms with Crippen molar-refractivity contribution in [2.24, 2.45) is 0 Å². The molecule has 4 nitrogen and oxygen atoms in total. The Morgan fingerprint density at radius 2 is 1.27 bits per heavy atom. The van der Waals surface area contributed by atoms with Crippen LogP contribution in [0.4, 0.5) is 8.78 Å². The first kappa shape index (κ1) is 24.1. The van der Waals surface area contributed by atoms with Gasteiger partial charge in [0.15, 0.2) is 6.10 Å². The van der Waals surface area contributed by atoms with Crippen molar-refractivity contribution < 1.29 is 27.8 Å². The lowest BCUT2D eigenvalue weighted by atomic mass is 9.95.